The Morgan fingerprint density at radius 1 is 0.943 bits per heavy atom. The van der Waals surface area contributed by atoms with Crippen LogP contribution in [0.4, 0.5) is 14.9 Å². The highest BCUT2D eigenvalue weighted by molar-refractivity contribution is 5.79. The van der Waals surface area contributed by atoms with E-state index in [1.54, 1.807) is 12.1 Å². The highest BCUT2D eigenvalue weighted by atomic mass is 19.1. The average molecular weight is 483 g/mol. The average Bonchev–Trinajstić information content (AvgIpc) is 2.81. The molecule has 2 fully saturated rings. The first-order valence-electron chi connectivity index (χ1n) is 12.4. The number of anilines is 1. The summed E-state index contributed by atoms with van der Waals surface area (Å²) in [6.45, 7) is 7.53. The molecule has 2 aromatic rings. The molecular weight excluding hydrogens is 447 g/mol. The number of nitrogens with zero attached hydrogens (tertiary/aromatic N) is 3. The van der Waals surface area contributed by atoms with Crippen molar-refractivity contribution >= 4 is 17.7 Å². The van der Waals surface area contributed by atoms with E-state index in [-0.39, 0.29) is 29.8 Å². The van der Waals surface area contributed by atoms with Crippen molar-refractivity contribution in [2.45, 2.75) is 57.8 Å². The lowest BCUT2D eigenvalue weighted by molar-refractivity contribution is -0.131. The molecule has 2 aliphatic rings. The summed E-state index contributed by atoms with van der Waals surface area (Å²) in [6.07, 6.45) is 1.27. The van der Waals surface area contributed by atoms with Crippen LogP contribution < -0.4 is 5.32 Å². The van der Waals surface area contributed by atoms with Crippen molar-refractivity contribution < 1.29 is 19.1 Å². The summed E-state index contributed by atoms with van der Waals surface area (Å²) in [5, 5.41) is 12.8. The Morgan fingerprint density at radius 3 is 2.09 bits per heavy atom. The first kappa shape index (κ1) is 25.0. The normalized spacial score (nSPS) is 21.7. The number of piperazine rings is 1. The van der Waals surface area contributed by atoms with Gasteiger partial charge in [-0.05, 0) is 62.1 Å². The van der Waals surface area contributed by atoms with Crippen LogP contribution in [0.2, 0.25) is 0 Å². The summed E-state index contributed by atoms with van der Waals surface area (Å²) in [5.41, 5.74) is 3.07. The fourth-order valence-corrected chi connectivity index (χ4v) is 5.30. The number of hydrogen-bond acceptors (Lipinski definition) is 4. The van der Waals surface area contributed by atoms with Crippen LogP contribution in [0.5, 0.6) is 0 Å². The second kappa shape index (κ2) is 11.1. The molecule has 2 aromatic carbocycles. The molecule has 2 amide bonds. The predicted molar refractivity (Wildman–Crippen MR) is 134 cm³/mol. The molecule has 0 aromatic heterocycles. The molecule has 0 spiro atoms. The molecule has 0 saturated carbocycles. The zero-order valence-corrected chi connectivity index (χ0v) is 20.5. The summed E-state index contributed by atoms with van der Waals surface area (Å²) in [6, 6.07) is 14.8. The molecule has 4 rings (SSSR count). The highest BCUT2D eigenvalue weighted by Crippen LogP contribution is 2.20. The zero-order valence-electron chi connectivity index (χ0n) is 20.5. The van der Waals surface area contributed by atoms with Gasteiger partial charge < -0.3 is 20.2 Å². The van der Waals surface area contributed by atoms with Crippen LogP contribution in [0.3, 0.4) is 0 Å². The number of carbonyl (C=O) groups is 2. The lowest BCUT2D eigenvalue weighted by Gasteiger charge is -2.42. The maximum Gasteiger partial charge on any atom is 0.407 e. The van der Waals surface area contributed by atoms with Crippen LogP contribution in [0.15, 0.2) is 48.5 Å². The van der Waals surface area contributed by atoms with Gasteiger partial charge in [0.1, 0.15) is 5.82 Å². The molecule has 2 saturated heterocycles. The number of carboxylic acid groups (broad SMARTS) is 1. The van der Waals surface area contributed by atoms with Crippen LogP contribution in [-0.2, 0) is 17.8 Å². The highest BCUT2D eigenvalue weighted by Gasteiger charge is 2.32. The van der Waals surface area contributed by atoms with Crippen molar-refractivity contribution in [1.29, 1.82) is 0 Å². The monoisotopic (exact) mass is 482 g/mol. The van der Waals surface area contributed by atoms with E-state index in [1.165, 1.54) is 17.0 Å². The van der Waals surface area contributed by atoms with E-state index in [0.717, 1.165) is 36.2 Å². The van der Waals surface area contributed by atoms with Gasteiger partial charge in [-0.3, -0.25) is 9.69 Å². The summed E-state index contributed by atoms with van der Waals surface area (Å²) < 4.78 is 13.1. The third-order valence-corrected chi connectivity index (χ3v) is 7.06. The molecule has 0 aliphatic carbocycles. The van der Waals surface area contributed by atoms with Gasteiger partial charge in [0.25, 0.3) is 0 Å². The Bertz CT molecular complexity index is 994. The number of rotatable bonds is 6. The first-order valence-corrected chi connectivity index (χ1v) is 12.4. The van der Waals surface area contributed by atoms with Crippen molar-refractivity contribution in [3.05, 3.63) is 65.5 Å². The van der Waals surface area contributed by atoms with E-state index in [0.29, 0.717) is 32.6 Å². The number of nitrogens with one attached hydrogen (secondary N) is 1. The topological polar surface area (TPSA) is 76.1 Å². The Labute approximate surface area is 206 Å². The molecule has 2 heterocycles. The predicted octanol–water partition coefficient (Wildman–Crippen LogP) is 4.04. The van der Waals surface area contributed by atoms with Gasteiger partial charge in [0.05, 0.1) is 6.42 Å². The SMILES string of the molecule is C[C@@H]1CN(Cc2ccc(CC(=O)N3CCC(Nc4ccc(F)cc4)CC3)cc2)C[C@H](C)N1C(=O)O. The molecule has 35 heavy (non-hydrogen) atoms. The standard InChI is InChI=1S/C27H35FN4O3/c1-19-16-30(17-20(2)32(19)27(34)35)18-22-5-3-21(4-6-22)15-26(33)31-13-11-25(12-14-31)29-24-9-7-23(28)8-10-24/h3-10,19-20,25,29H,11-18H2,1-2H3,(H,34,35)/t19-,20+. The lowest BCUT2D eigenvalue weighted by Crippen LogP contribution is -2.57. The molecular formula is C27H35FN4O3. The molecule has 2 N–H and O–H groups in total. The minimum absolute atomic E-state index is 0.0387. The summed E-state index contributed by atoms with van der Waals surface area (Å²) >= 11 is 0. The largest absolute Gasteiger partial charge is 0.465 e. The van der Waals surface area contributed by atoms with Gasteiger partial charge in [0.15, 0.2) is 0 Å². The van der Waals surface area contributed by atoms with E-state index in [2.05, 4.69) is 22.3 Å². The van der Waals surface area contributed by atoms with Crippen LogP contribution in [-0.4, -0.2) is 76.1 Å². The maximum atomic E-state index is 13.1. The third kappa shape index (κ3) is 6.51. The number of carbonyl (C=O) groups excluding carboxylic acids is 1. The molecule has 7 nitrogen and oxygen atoms in total. The van der Waals surface area contributed by atoms with Crippen LogP contribution in [0, 0.1) is 5.82 Å². The van der Waals surface area contributed by atoms with Crippen molar-refractivity contribution in [2.75, 3.05) is 31.5 Å². The van der Waals surface area contributed by atoms with Crippen molar-refractivity contribution in [3.8, 4) is 0 Å². The van der Waals surface area contributed by atoms with E-state index in [9.17, 15) is 19.1 Å². The second-order valence-electron chi connectivity index (χ2n) is 9.88. The first-order chi connectivity index (χ1) is 16.8. The third-order valence-electron chi connectivity index (χ3n) is 7.06. The number of hydrogen-bond donors (Lipinski definition) is 2. The molecule has 8 heteroatoms. The van der Waals surface area contributed by atoms with Crippen LogP contribution >= 0.6 is 0 Å². The number of benzene rings is 2. The van der Waals surface area contributed by atoms with Gasteiger partial charge in [0.2, 0.25) is 5.91 Å². The molecule has 0 unspecified atom stereocenters. The van der Waals surface area contributed by atoms with Crippen molar-refractivity contribution in [3.63, 3.8) is 0 Å². The Hall–Kier alpha value is -3.13. The molecule has 2 atom stereocenters. The summed E-state index contributed by atoms with van der Waals surface area (Å²) in [7, 11) is 0. The molecule has 0 radical (unpaired) electrons. The number of amides is 2. The number of piperidine rings is 1. The van der Waals surface area contributed by atoms with E-state index < -0.39 is 6.09 Å². The van der Waals surface area contributed by atoms with Gasteiger partial charge in [-0.2, -0.15) is 0 Å². The fraction of sp³-hybridized carbons (Fsp3) is 0.481. The molecule has 2 aliphatic heterocycles. The Morgan fingerprint density at radius 2 is 1.51 bits per heavy atom. The quantitative estimate of drug-likeness (QED) is 0.650. The van der Waals surface area contributed by atoms with Crippen LogP contribution in [0.25, 0.3) is 0 Å². The van der Waals surface area contributed by atoms with Crippen molar-refractivity contribution in [1.82, 2.24) is 14.7 Å². The fourth-order valence-electron chi connectivity index (χ4n) is 5.30. The smallest absolute Gasteiger partial charge is 0.407 e. The van der Waals surface area contributed by atoms with E-state index in [4.69, 9.17) is 0 Å². The Kier molecular flexibility index (Phi) is 7.90. The number of likely N-dealkylation sites (tertiary alicyclic amines) is 1. The van der Waals surface area contributed by atoms with E-state index >= 15 is 0 Å². The van der Waals surface area contributed by atoms with Gasteiger partial charge in [-0.15, -0.1) is 0 Å². The maximum absolute atomic E-state index is 13.1. The lowest BCUT2D eigenvalue weighted by atomic mass is 10.0. The molecule has 0 bridgehead atoms. The summed E-state index contributed by atoms with van der Waals surface area (Å²) in [4.78, 5) is 30.0. The minimum atomic E-state index is -0.855. The van der Waals surface area contributed by atoms with Gasteiger partial charge in [-0.25, -0.2) is 9.18 Å². The van der Waals surface area contributed by atoms with E-state index in [1.807, 2.05) is 30.9 Å². The summed E-state index contributed by atoms with van der Waals surface area (Å²) in [5.74, 6) is -0.0998. The van der Waals surface area contributed by atoms with Gasteiger partial charge in [-0.1, -0.05) is 24.3 Å². The minimum Gasteiger partial charge on any atom is -0.465 e. The van der Waals surface area contributed by atoms with Gasteiger partial charge in [0, 0.05) is 56.5 Å². The number of halogens is 1. The zero-order chi connectivity index (χ0) is 24.9. The van der Waals surface area contributed by atoms with Gasteiger partial charge >= 0.3 is 6.09 Å². The second-order valence-corrected chi connectivity index (χ2v) is 9.88. The van der Waals surface area contributed by atoms with Crippen LogP contribution in [0.1, 0.15) is 37.8 Å². The molecule has 188 valence electrons. The van der Waals surface area contributed by atoms with Crippen molar-refractivity contribution in [2.24, 2.45) is 0 Å². The Balaban J connectivity index is 1.23.